The van der Waals surface area contributed by atoms with Gasteiger partial charge in [-0.1, -0.05) is 36.4 Å². The highest BCUT2D eigenvalue weighted by Crippen LogP contribution is 2.27. The number of likely N-dealkylation sites (tertiary alicyclic amines) is 1. The fourth-order valence-corrected chi connectivity index (χ4v) is 5.54. The first-order valence-electron chi connectivity index (χ1n) is 13.7. The lowest BCUT2D eigenvalue weighted by Gasteiger charge is -2.17. The summed E-state index contributed by atoms with van der Waals surface area (Å²) < 4.78 is 1.73. The second-order valence-electron chi connectivity index (χ2n) is 10.4. The fraction of sp³-hybridized carbons (Fsp3) is 0.194. The first-order valence-corrected chi connectivity index (χ1v) is 13.7. The summed E-state index contributed by atoms with van der Waals surface area (Å²) >= 11 is 0. The molecule has 2 aliphatic heterocycles. The molecule has 5 aromatic rings. The van der Waals surface area contributed by atoms with Crippen molar-refractivity contribution in [2.24, 2.45) is 0 Å². The van der Waals surface area contributed by atoms with Crippen molar-refractivity contribution >= 4 is 29.0 Å². The molecule has 0 saturated carbocycles. The lowest BCUT2D eigenvalue weighted by Crippen LogP contribution is -2.36. The van der Waals surface area contributed by atoms with Gasteiger partial charge in [0.15, 0.2) is 11.5 Å². The van der Waals surface area contributed by atoms with Gasteiger partial charge in [0.05, 0.1) is 11.9 Å². The normalized spacial score (nSPS) is 16.5. The number of carbonyl (C=O) groups is 2. The van der Waals surface area contributed by atoms with Crippen molar-refractivity contribution in [3.05, 3.63) is 108 Å². The van der Waals surface area contributed by atoms with Gasteiger partial charge in [-0.3, -0.25) is 14.5 Å². The maximum Gasteiger partial charge on any atom is 0.251 e. The number of hydrogen-bond acceptors (Lipinski definition) is 7. The predicted octanol–water partition coefficient (Wildman–Crippen LogP) is 3.78. The van der Waals surface area contributed by atoms with Crippen molar-refractivity contribution in [2.45, 2.75) is 25.6 Å². The molecule has 10 nitrogen and oxygen atoms in total. The van der Waals surface area contributed by atoms with E-state index in [-0.39, 0.29) is 17.9 Å². The molecule has 0 bridgehead atoms. The van der Waals surface area contributed by atoms with Crippen LogP contribution in [0, 0.1) is 0 Å². The average Bonchev–Trinajstić information content (AvgIpc) is 3.75. The Bertz CT molecular complexity index is 1750. The van der Waals surface area contributed by atoms with Crippen LogP contribution in [0.5, 0.6) is 0 Å². The number of carbonyl (C=O) groups excluding carboxylic acids is 2. The third-order valence-electron chi connectivity index (χ3n) is 7.66. The summed E-state index contributed by atoms with van der Waals surface area (Å²) in [5.74, 6) is 0.422. The van der Waals surface area contributed by atoms with Gasteiger partial charge in [0.2, 0.25) is 0 Å². The third kappa shape index (κ3) is 5.01. The quantitative estimate of drug-likeness (QED) is 0.286. The molecule has 4 heterocycles. The van der Waals surface area contributed by atoms with E-state index in [2.05, 4.69) is 60.2 Å². The molecular formula is C31H28N8O2. The third-order valence-corrected chi connectivity index (χ3v) is 7.66. The van der Waals surface area contributed by atoms with E-state index in [1.807, 2.05) is 48.5 Å². The van der Waals surface area contributed by atoms with Gasteiger partial charge >= 0.3 is 0 Å². The van der Waals surface area contributed by atoms with Gasteiger partial charge < -0.3 is 16.0 Å². The molecule has 2 amide bonds. The Kier molecular flexibility index (Phi) is 6.36. The fourth-order valence-electron chi connectivity index (χ4n) is 5.54. The lowest BCUT2D eigenvalue weighted by atomic mass is 10.0. The Morgan fingerprint density at radius 1 is 1.02 bits per heavy atom. The first-order chi connectivity index (χ1) is 20.1. The van der Waals surface area contributed by atoms with Crippen LogP contribution >= 0.6 is 0 Å². The van der Waals surface area contributed by atoms with Crippen molar-refractivity contribution in [2.75, 3.05) is 18.4 Å². The maximum atomic E-state index is 12.9. The minimum Gasteiger partial charge on any atom is -0.348 e. The average molecular weight is 545 g/mol. The highest BCUT2D eigenvalue weighted by molar-refractivity contribution is 5.99. The van der Waals surface area contributed by atoms with Crippen LogP contribution in [0.3, 0.4) is 0 Å². The zero-order valence-electron chi connectivity index (χ0n) is 22.2. The van der Waals surface area contributed by atoms with Crippen molar-refractivity contribution in [3.63, 3.8) is 0 Å². The highest BCUT2D eigenvalue weighted by atomic mass is 16.2. The number of benzene rings is 3. The van der Waals surface area contributed by atoms with E-state index >= 15 is 0 Å². The van der Waals surface area contributed by atoms with Crippen LogP contribution in [0.15, 0.2) is 85.3 Å². The molecule has 41 heavy (non-hydrogen) atoms. The molecule has 3 aromatic carbocycles. The number of anilines is 2. The molecule has 204 valence electrons. The van der Waals surface area contributed by atoms with Gasteiger partial charge in [-0.05, 0) is 53.9 Å². The number of rotatable bonds is 7. The highest BCUT2D eigenvalue weighted by Gasteiger charge is 2.24. The van der Waals surface area contributed by atoms with E-state index in [1.54, 1.807) is 10.7 Å². The molecule has 10 heteroatoms. The van der Waals surface area contributed by atoms with Crippen LogP contribution < -0.4 is 16.0 Å². The summed E-state index contributed by atoms with van der Waals surface area (Å²) in [6, 6.07) is 23.6. The summed E-state index contributed by atoms with van der Waals surface area (Å²) in [4.78, 5) is 36.3. The number of aromatic nitrogens is 4. The van der Waals surface area contributed by atoms with Gasteiger partial charge in [-0.15, -0.1) is 0 Å². The second kappa shape index (κ2) is 10.5. The van der Waals surface area contributed by atoms with Crippen molar-refractivity contribution in [1.82, 2.24) is 35.1 Å². The monoisotopic (exact) mass is 544 g/mol. The van der Waals surface area contributed by atoms with E-state index in [0.717, 1.165) is 48.6 Å². The molecule has 2 aliphatic rings. The molecule has 7 rings (SSSR count). The lowest BCUT2D eigenvalue weighted by molar-refractivity contribution is 0.0935. The number of hydrogen-bond donors (Lipinski definition) is 3. The first kappa shape index (κ1) is 24.9. The van der Waals surface area contributed by atoms with Crippen LogP contribution in [-0.4, -0.2) is 55.4 Å². The van der Waals surface area contributed by atoms with E-state index < -0.39 is 0 Å². The number of fused-ring (bicyclic) bond motifs is 2. The van der Waals surface area contributed by atoms with Gasteiger partial charge in [0.25, 0.3) is 11.8 Å². The number of nitrogens with zero attached hydrogens (tertiary/aromatic N) is 5. The predicted molar refractivity (Wildman–Crippen MR) is 155 cm³/mol. The Labute approximate surface area is 236 Å². The summed E-state index contributed by atoms with van der Waals surface area (Å²) in [6.45, 7) is 3.22. The van der Waals surface area contributed by atoms with Crippen LogP contribution in [0.1, 0.15) is 38.3 Å². The largest absolute Gasteiger partial charge is 0.348 e. The Balaban J connectivity index is 1.01. The Hall–Kier alpha value is -5.09. The van der Waals surface area contributed by atoms with E-state index in [0.29, 0.717) is 29.1 Å². The molecule has 1 atom stereocenters. The molecule has 0 radical (unpaired) electrons. The van der Waals surface area contributed by atoms with Crippen LogP contribution in [0.25, 0.3) is 16.9 Å². The van der Waals surface area contributed by atoms with E-state index in [9.17, 15) is 9.59 Å². The number of amides is 2. The van der Waals surface area contributed by atoms with E-state index in [1.165, 1.54) is 11.9 Å². The molecule has 0 unspecified atom stereocenters. The molecular weight excluding hydrogens is 516 g/mol. The topological polar surface area (TPSA) is 117 Å². The minimum atomic E-state index is -0.0725. The standard InChI is InChI=1S/C31H28N8O2/c40-30(37-25-12-13-38(18-25)17-20-4-2-1-3-5-20)21-6-9-24(10-7-21)36-28-29-34-19-35-39(29)27(16-32-28)22-8-11-26-23(14-22)15-33-31(26)41/h1-11,14,16,19,25H,12-13,15,17-18H2,(H,32,36)(H,33,41)(H,37,40)/t25-/m0/s1. The molecule has 2 aromatic heterocycles. The second-order valence-corrected chi connectivity index (χ2v) is 10.4. The van der Waals surface area contributed by atoms with Crippen molar-refractivity contribution in [3.8, 4) is 11.3 Å². The SMILES string of the molecule is O=C(N[C@H]1CCN(Cc2ccccc2)C1)c1ccc(Nc2ncc(-c3ccc4c(c3)CNC4=O)n3ncnc23)cc1. The summed E-state index contributed by atoms with van der Waals surface area (Å²) in [5.41, 5.74) is 6.56. The van der Waals surface area contributed by atoms with Gasteiger partial charge in [0, 0.05) is 54.6 Å². The minimum absolute atomic E-state index is 0.0531. The number of nitrogens with one attached hydrogen (secondary N) is 3. The van der Waals surface area contributed by atoms with Crippen molar-refractivity contribution < 1.29 is 9.59 Å². The molecule has 3 N–H and O–H groups in total. The Morgan fingerprint density at radius 3 is 2.73 bits per heavy atom. The van der Waals surface area contributed by atoms with Crippen LogP contribution in [-0.2, 0) is 13.1 Å². The van der Waals surface area contributed by atoms with Crippen molar-refractivity contribution in [1.29, 1.82) is 0 Å². The van der Waals surface area contributed by atoms with Crippen LogP contribution in [0.2, 0.25) is 0 Å². The van der Waals surface area contributed by atoms with Crippen LogP contribution in [0.4, 0.5) is 11.5 Å². The molecule has 0 spiro atoms. The molecule has 1 saturated heterocycles. The van der Waals surface area contributed by atoms with Gasteiger partial charge in [-0.25, -0.2) is 14.5 Å². The van der Waals surface area contributed by atoms with E-state index in [4.69, 9.17) is 0 Å². The summed E-state index contributed by atoms with van der Waals surface area (Å²) in [5, 5.41) is 13.7. The smallest absolute Gasteiger partial charge is 0.251 e. The van der Waals surface area contributed by atoms with Gasteiger partial charge in [0.1, 0.15) is 6.33 Å². The maximum absolute atomic E-state index is 12.9. The zero-order valence-corrected chi connectivity index (χ0v) is 22.2. The molecule has 0 aliphatic carbocycles. The van der Waals surface area contributed by atoms with Gasteiger partial charge in [-0.2, -0.15) is 5.10 Å². The molecule has 1 fully saturated rings. The Morgan fingerprint density at radius 2 is 1.88 bits per heavy atom. The summed E-state index contributed by atoms with van der Waals surface area (Å²) in [7, 11) is 0. The summed E-state index contributed by atoms with van der Waals surface area (Å²) in [6.07, 6.45) is 4.16. The zero-order chi connectivity index (χ0) is 27.8.